The lowest BCUT2D eigenvalue weighted by Crippen LogP contribution is -2.50. The number of carbonyl (C=O) groups excluding carboxylic acids is 3. The molecule has 1 aliphatic carbocycles. The number of Topliss-reactive ketones (excluding diaryl/α,β-unsaturated/α-hetero) is 1. The van der Waals surface area contributed by atoms with E-state index < -0.39 is 34.4 Å². The molecule has 3 aliphatic rings. The Labute approximate surface area is 195 Å². The van der Waals surface area contributed by atoms with E-state index in [1.165, 1.54) is 24.3 Å². The van der Waals surface area contributed by atoms with Crippen LogP contribution in [-0.4, -0.2) is 48.9 Å². The molecule has 0 aromatic heterocycles. The van der Waals surface area contributed by atoms with Gasteiger partial charge >= 0.3 is 5.97 Å². The average molecular weight is 459 g/mol. The fourth-order valence-electron chi connectivity index (χ4n) is 5.96. The van der Waals surface area contributed by atoms with Gasteiger partial charge in [0, 0.05) is 30.1 Å². The second kappa shape index (κ2) is 7.21. The number of morpholine rings is 1. The van der Waals surface area contributed by atoms with Crippen LogP contribution in [0, 0.1) is 16.6 Å². The lowest BCUT2D eigenvalue weighted by atomic mass is 9.86. The maximum absolute atomic E-state index is 14.0. The highest BCUT2D eigenvalue weighted by molar-refractivity contribution is 6.22. The quantitative estimate of drug-likeness (QED) is 0.258. The first-order valence-electron chi connectivity index (χ1n) is 11.3. The smallest absolute Gasteiger partial charge is 0.328 e. The van der Waals surface area contributed by atoms with Gasteiger partial charge in [-0.15, -0.1) is 0 Å². The van der Waals surface area contributed by atoms with E-state index >= 15 is 0 Å². The molecule has 2 fully saturated rings. The van der Waals surface area contributed by atoms with Crippen LogP contribution in [0.15, 0.2) is 60.7 Å². The number of ketones is 1. The van der Waals surface area contributed by atoms with E-state index in [2.05, 4.69) is 0 Å². The Morgan fingerprint density at radius 2 is 1.71 bits per heavy atom. The third kappa shape index (κ3) is 2.56. The van der Waals surface area contributed by atoms with Crippen molar-refractivity contribution in [2.45, 2.75) is 12.8 Å². The predicted octanol–water partition coefficient (Wildman–Crippen LogP) is 3.73. The van der Waals surface area contributed by atoms with Gasteiger partial charge in [-0.05, 0) is 48.0 Å². The van der Waals surface area contributed by atoms with Crippen LogP contribution in [0.3, 0.4) is 0 Å². The van der Waals surface area contributed by atoms with Gasteiger partial charge in [-0.3, -0.25) is 14.4 Å². The van der Waals surface area contributed by atoms with E-state index in [-0.39, 0.29) is 11.3 Å². The first-order valence-corrected chi connectivity index (χ1v) is 11.3. The molecule has 1 amide bonds. The number of halogens is 1. The molecule has 1 saturated carbocycles. The van der Waals surface area contributed by atoms with E-state index in [0.717, 1.165) is 10.8 Å². The number of ether oxygens (including phenoxy) is 2. The summed E-state index contributed by atoms with van der Waals surface area (Å²) in [4.78, 5) is 43.2. The number of fused-ring (bicyclic) bond motifs is 5. The van der Waals surface area contributed by atoms with Crippen molar-refractivity contribution in [3.05, 3.63) is 77.6 Å². The third-order valence-electron chi connectivity index (χ3n) is 7.70. The Hall–Kier alpha value is -3.58. The Balaban J connectivity index is 1.57. The molecule has 6 nitrogen and oxygen atoms in total. The molecule has 6 rings (SSSR count). The van der Waals surface area contributed by atoms with Crippen molar-refractivity contribution >= 4 is 28.4 Å². The summed E-state index contributed by atoms with van der Waals surface area (Å²) in [5.74, 6) is -2.30. The summed E-state index contributed by atoms with van der Waals surface area (Å²) in [5.41, 5.74) is -2.13. The third-order valence-corrected chi connectivity index (χ3v) is 7.70. The van der Waals surface area contributed by atoms with Gasteiger partial charge in [0.1, 0.15) is 11.6 Å². The fraction of sp³-hybridized carbons (Fsp3) is 0.296. The Morgan fingerprint density at radius 1 is 1.00 bits per heavy atom. The van der Waals surface area contributed by atoms with Gasteiger partial charge in [0.15, 0.2) is 11.2 Å². The molecule has 1 saturated heterocycles. The van der Waals surface area contributed by atoms with Gasteiger partial charge in [0.05, 0.1) is 18.6 Å². The molecule has 2 aliphatic heterocycles. The van der Waals surface area contributed by atoms with E-state index in [4.69, 9.17) is 9.47 Å². The highest BCUT2D eigenvalue weighted by atomic mass is 19.1. The molecule has 0 bridgehead atoms. The van der Waals surface area contributed by atoms with Crippen LogP contribution in [0.1, 0.15) is 28.8 Å². The van der Waals surface area contributed by atoms with Gasteiger partial charge in [-0.2, -0.15) is 0 Å². The second-order valence-electron chi connectivity index (χ2n) is 9.27. The fourth-order valence-corrected chi connectivity index (χ4v) is 5.96. The Bertz CT molecular complexity index is 1360. The van der Waals surface area contributed by atoms with Crippen molar-refractivity contribution < 1.29 is 28.2 Å². The van der Waals surface area contributed by atoms with E-state index in [1.807, 2.05) is 30.3 Å². The van der Waals surface area contributed by atoms with Crippen molar-refractivity contribution in [3.63, 3.8) is 0 Å². The lowest BCUT2D eigenvalue weighted by molar-refractivity contribution is -0.156. The van der Waals surface area contributed by atoms with Crippen molar-refractivity contribution in [1.82, 2.24) is 4.90 Å². The van der Waals surface area contributed by atoms with Crippen LogP contribution in [0.5, 0.6) is 5.75 Å². The van der Waals surface area contributed by atoms with Crippen molar-refractivity contribution in [2.75, 3.05) is 26.3 Å². The summed E-state index contributed by atoms with van der Waals surface area (Å²) in [7, 11) is 0. The molecule has 34 heavy (non-hydrogen) atoms. The maximum Gasteiger partial charge on any atom is 0.328 e. The van der Waals surface area contributed by atoms with Crippen molar-refractivity contribution in [1.29, 1.82) is 0 Å². The summed E-state index contributed by atoms with van der Waals surface area (Å²) in [6.07, 6.45) is 0. The monoisotopic (exact) mass is 459 g/mol. The summed E-state index contributed by atoms with van der Waals surface area (Å²) in [6.45, 7) is 3.07. The van der Waals surface area contributed by atoms with Crippen LogP contribution in [0.25, 0.3) is 10.8 Å². The average Bonchev–Trinajstić information content (AvgIpc) is 3.46. The molecular formula is C27H22FNO5. The van der Waals surface area contributed by atoms with Crippen molar-refractivity contribution in [2.24, 2.45) is 10.8 Å². The van der Waals surface area contributed by atoms with Crippen LogP contribution >= 0.6 is 0 Å². The van der Waals surface area contributed by atoms with Crippen molar-refractivity contribution in [3.8, 4) is 5.75 Å². The number of nitrogens with zero attached hydrogens (tertiary/aromatic N) is 1. The lowest BCUT2D eigenvalue weighted by Gasteiger charge is -2.32. The molecular weight excluding hydrogens is 437 g/mol. The minimum absolute atomic E-state index is 0.252. The van der Waals surface area contributed by atoms with Gasteiger partial charge < -0.3 is 14.4 Å². The first-order chi connectivity index (χ1) is 16.4. The molecule has 3 aromatic rings. The molecule has 0 spiro atoms. The van der Waals surface area contributed by atoms with E-state index in [9.17, 15) is 18.8 Å². The normalized spacial score (nSPS) is 27.5. The predicted molar refractivity (Wildman–Crippen MR) is 121 cm³/mol. The summed E-state index contributed by atoms with van der Waals surface area (Å²) >= 11 is 0. The minimum Gasteiger partial charge on any atom is -0.425 e. The Kier molecular flexibility index (Phi) is 4.45. The molecule has 172 valence electrons. The minimum atomic E-state index is -1.69. The van der Waals surface area contributed by atoms with Crippen LogP contribution in [0.4, 0.5) is 4.39 Å². The number of benzene rings is 3. The second-order valence-corrected chi connectivity index (χ2v) is 9.27. The number of hydrogen-bond acceptors (Lipinski definition) is 5. The standard InChI is InChI=1S/C27H22FNO5/c1-26(23(30)17-6-9-18(28)10-7-17)22-21-19-5-3-2-4-16(19)8-11-20(21)34-25(32)27(22,26)24(31)29-12-14-33-15-13-29/h2-11,22H,12-15H2,1H3/t22-,26+,27+/m1/s1. The zero-order valence-electron chi connectivity index (χ0n) is 18.5. The molecule has 0 N–H and O–H groups in total. The molecule has 0 radical (unpaired) electrons. The number of amides is 1. The van der Waals surface area contributed by atoms with Crippen LogP contribution in [-0.2, 0) is 14.3 Å². The largest absolute Gasteiger partial charge is 0.425 e. The summed E-state index contributed by atoms with van der Waals surface area (Å²) in [6, 6.07) is 16.4. The van der Waals surface area contributed by atoms with E-state index in [1.54, 1.807) is 17.9 Å². The van der Waals surface area contributed by atoms with Crippen LogP contribution in [0.2, 0.25) is 0 Å². The highest BCUT2D eigenvalue weighted by Gasteiger charge is 2.88. The highest BCUT2D eigenvalue weighted by Crippen LogP contribution is 2.79. The van der Waals surface area contributed by atoms with Gasteiger partial charge in [-0.25, -0.2) is 4.39 Å². The topological polar surface area (TPSA) is 72.9 Å². The molecule has 7 heteroatoms. The van der Waals surface area contributed by atoms with Gasteiger partial charge in [0.25, 0.3) is 0 Å². The SMILES string of the molecule is C[C@@]1(C(=O)c2ccc(F)cc2)[C@H]2c3c(ccc4ccccc34)OC(=O)[C@@]21C(=O)N1CCOCC1. The number of carbonyl (C=O) groups is 3. The zero-order chi connectivity index (χ0) is 23.7. The number of esters is 1. The first kappa shape index (κ1) is 21.0. The van der Waals surface area contributed by atoms with Crippen LogP contribution < -0.4 is 4.74 Å². The van der Waals surface area contributed by atoms with Gasteiger partial charge in [0.2, 0.25) is 5.91 Å². The van der Waals surface area contributed by atoms with Gasteiger partial charge in [-0.1, -0.05) is 30.3 Å². The number of rotatable bonds is 3. The number of hydrogen-bond donors (Lipinski definition) is 0. The molecule has 2 heterocycles. The summed E-state index contributed by atoms with van der Waals surface area (Å²) in [5, 5.41) is 1.77. The Morgan fingerprint density at radius 3 is 2.44 bits per heavy atom. The molecule has 0 unspecified atom stereocenters. The maximum atomic E-state index is 14.0. The summed E-state index contributed by atoms with van der Waals surface area (Å²) < 4.78 is 24.8. The molecule has 3 aromatic carbocycles. The van der Waals surface area contributed by atoms with E-state index in [0.29, 0.717) is 37.6 Å². The molecule has 3 atom stereocenters. The zero-order valence-corrected chi connectivity index (χ0v) is 18.5.